The maximum atomic E-state index is 14.2. The van der Waals surface area contributed by atoms with Crippen molar-refractivity contribution in [3.63, 3.8) is 0 Å². The summed E-state index contributed by atoms with van der Waals surface area (Å²) in [5.41, 5.74) is 11.7. The van der Waals surface area contributed by atoms with Gasteiger partial charge in [-0.05, 0) is 136 Å². The van der Waals surface area contributed by atoms with E-state index in [2.05, 4.69) is 45.6 Å². The van der Waals surface area contributed by atoms with Crippen molar-refractivity contribution in [2.24, 2.45) is 0 Å². The van der Waals surface area contributed by atoms with Gasteiger partial charge in [0.05, 0.1) is 0 Å². The molecule has 53 heavy (non-hydrogen) atoms. The van der Waals surface area contributed by atoms with Gasteiger partial charge in [-0.15, -0.1) is 49.2 Å². The second-order valence-corrected chi connectivity index (χ2v) is 14.2. The van der Waals surface area contributed by atoms with Crippen molar-refractivity contribution in [2.75, 3.05) is 0 Å². The topological polar surface area (TPSA) is 9.86 Å². The molecule has 6 aliphatic carbocycles. The Kier molecular flexibility index (Phi) is 13.7. The number of aromatic nitrogens is 2. The van der Waals surface area contributed by atoms with E-state index in [9.17, 15) is 17.6 Å². The Hall–Kier alpha value is -3.61. The van der Waals surface area contributed by atoms with E-state index in [1.807, 2.05) is 24.3 Å². The first-order valence-electron chi connectivity index (χ1n) is 19.2. The van der Waals surface area contributed by atoms with Crippen LogP contribution in [0.3, 0.4) is 0 Å². The largest absolute Gasteiger partial charge is 4.00 e. The first kappa shape index (κ1) is 39.1. The van der Waals surface area contributed by atoms with Crippen LogP contribution in [-0.2, 0) is 73.1 Å². The molecule has 2 aromatic carbocycles. The van der Waals surface area contributed by atoms with Gasteiger partial charge in [0.25, 0.3) is 0 Å². The van der Waals surface area contributed by atoms with Crippen molar-refractivity contribution in [1.82, 2.24) is 9.13 Å². The number of rotatable bonds is 2. The summed E-state index contributed by atoms with van der Waals surface area (Å²) in [5, 5.41) is 0. The quantitative estimate of drug-likeness (QED) is 0.110. The molecule has 2 heterocycles. The predicted molar refractivity (Wildman–Crippen MR) is 199 cm³/mol. The molecule has 6 aliphatic rings. The minimum Gasteiger partial charge on any atom is -0.369 e. The van der Waals surface area contributed by atoms with Gasteiger partial charge in [-0.1, -0.05) is 0 Å². The van der Waals surface area contributed by atoms with E-state index >= 15 is 0 Å². The third-order valence-electron chi connectivity index (χ3n) is 10.9. The van der Waals surface area contributed by atoms with Crippen molar-refractivity contribution in [3.8, 4) is 11.4 Å². The van der Waals surface area contributed by atoms with Crippen molar-refractivity contribution < 1.29 is 39.3 Å². The van der Waals surface area contributed by atoms with Crippen LogP contribution in [0.25, 0.3) is 11.4 Å². The van der Waals surface area contributed by atoms with Crippen LogP contribution in [0.2, 0.25) is 0 Å². The van der Waals surface area contributed by atoms with E-state index in [4.69, 9.17) is 0 Å². The minimum atomic E-state index is -0.633. The normalized spacial score (nSPS) is 17.1. The summed E-state index contributed by atoms with van der Waals surface area (Å²) in [6.45, 7) is 0. The second-order valence-electron chi connectivity index (χ2n) is 14.2. The molecule has 272 valence electrons. The number of benzene rings is 2. The number of fused-ring (bicyclic) bond motifs is 6. The zero-order valence-electron chi connectivity index (χ0n) is 30.4. The second kappa shape index (κ2) is 18.6. The van der Waals surface area contributed by atoms with E-state index in [0.29, 0.717) is 11.4 Å². The standard InChI is InChI=1S/2C18H18F2N.2C5H5.Ti/c2*19-12-9-10-18(15(20)11-12)21-16-7-3-1-5-13(16)14-6-2-4-8-17(14)21;2*1-2-4-5-3-1;/h2*9-10H,1-8H2;2*1-3H,4H2;/q4*-1;+4. The summed E-state index contributed by atoms with van der Waals surface area (Å²) < 4.78 is 59.0. The molecule has 2 nitrogen and oxygen atoms in total. The van der Waals surface area contributed by atoms with Gasteiger partial charge in [0, 0.05) is 46.0 Å². The Morgan fingerprint density at radius 3 is 1.00 bits per heavy atom. The average molecular weight is 751 g/mol. The summed E-state index contributed by atoms with van der Waals surface area (Å²) in [6, 6.07) is 10.1. The van der Waals surface area contributed by atoms with Gasteiger partial charge in [-0.2, -0.15) is 12.2 Å². The molecule has 0 atom stereocenters. The van der Waals surface area contributed by atoms with E-state index in [0.717, 1.165) is 89.9 Å². The molecular weight excluding hydrogens is 704 g/mol. The van der Waals surface area contributed by atoms with Crippen molar-refractivity contribution >= 4 is 0 Å². The monoisotopic (exact) mass is 750 g/mol. The molecule has 0 fully saturated rings. The smallest absolute Gasteiger partial charge is 0.369 e. The summed E-state index contributed by atoms with van der Waals surface area (Å²) in [4.78, 5) is 0. The fourth-order valence-electron chi connectivity index (χ4n) is 8.65. The van der Waals surface area contributed by atoms with Gasteiger partial charge < -0.3 is 9.13 Å². The summed E-state index contributed by atoms with van der Waals surface area (Å²) in [5.74, 6) is -2.42. The Morgan fingerprint density at radius 2 is 0.755 bits per heavy atom. The van der Waals surface area contributed by atoms with Crippen LogP contribution in [0.1, 0.15) is 109 Å². The molecule has 10 rings (SSSR count). The third kappa shape index (κ3) is 8.87. The van der Waals surface area contributed by atoms with Crippen LogP contribution in [0.4, 0.5) is 17.6 Å². The van der Waals surface area contributed by atoms with Gasteiger partial charge in [-0.3, -0.25) is 12.2 Å². The van der Waals surface area contributed by atoms with Crippen LogP contribution in [0, 0.1) is 47.6 Å². The number of nitrogens with zero attached hydrogens (tertiary/aromatic N) is 2. The first-order valence-corrected chi connectivity index (χ1v) is 19.2. The van der Waals surface area contributed by atoms with Crippen LogP contribution in [0.5, 0.6) is 0 Å². The fraction of sp³-hybridized carbons (Fsp3) is 0.391. The molecule has 7 heteroatoms. The molecule has 0 N–H and O–H groups in total. The van der Waals surface area contributed by atoms with Crippen LogP contribution < -0.4 is 0 Å². The maximum absolute atomic E-state index is 14.2. The van der Waals surface area contributed by atoms with E-state index < -0.39 is 23.3 Å². The number of halogens is 4. The Bertz CT molecular complexity index is 1780. The molecule has 0 aliphatic heterocycles. The fourth-order valence-corrected chi connectivity index (χ4v) is 8.65. The molecule has 0 radical (unpaired) electrons. The van der Waals surface area contributed by atoms with Gasteiger partial charge in [0.2, 0.25) is 0 Å². The number of hydrogen-bond donors (Lipinski definition) is 0. The molecular formula is C46H46F4N2Ti. The first-order chi connectivity index (χ1) is 25.5. The molecule has 0 saturated carbocycles. The molecule has 0 amide bonds. The van der Waals surface area contributed by atoms with Gasteiger partial charge in [-0.25, -0.2) is 41.9 Å². The van der Waals surface area contributed by atoms with Crippen LogP contribution >= 0.6 is 0 Å². The van der Waals surface area contributed by atoms with Crippen molar-refractivity contribution in [1.29, 1.82) is 0 Å². The minimum absolute atomic E-state index is 0. The Balaban J connectivity index is 0.000000142. The van der Waals surface area contributed by atoms with Crippen molar-refractivity contribution in [2.45, 2.75) is 116 Å². The van der Waals surface area contributed by atoms with Gasteiger partial charge >= 0.3 is 21.7 Å². The summed E-state index contributed by atoms with van der Waals surface area (Å²) >= 11 is 0. The SMILES string of the molecule is Fc1[c-]c(F)c(-n2c3c(c4c2CCCC4)CCCC3)cc1.Fc1[c-]c(F)c(-n2c3c(c4c2CCCC4)CCCC3)cc1.[C-]1=CC=CC1.[C-]1=CC=CC1.[Ti+4]. The molecule has 2 aromatic heterocycles. The Labute approximate surface area is 327 Å². The summed E-state index contributed by atoms with van der Waals surface area (Å²) in [6.07, 6.45) is 37.9. The third-order valence-corrected chi connectivity index (χ3v) is 10.9. The van der Waals surface area contributed by atoms with E-state index in [1.54, 1.807) is 12.1 Å². The summed E-state index contributed by atoms with van der Waals surface area (Å²) in [7, 11) is 0. The molecule has 0 bridgehead atoms. The molecule has 0 unspecified atom stereocenters. The average Bonchev–Trinajstić information content (AvgIpc) is 4.01. The Morgan fingerprint density at radius 1 is 0.434 bits per heavy atom. The zero-order valence-corrected chi connectivity index (χ0v) is 32.0. The van der Waals surface area contributed by atoms with Crippen LogP contribution in [0.15, 0.2) is 60.7 Å². The number of hydrogen-bond acceptors (Lipinski definition) is 0. The predicted octanol–water partition coefficient (Wildman–Crippen LogP) is 11.2. The van der Waals surface area contributed by atoms with Gasteiger partial charge in [0.1, 0.15) is 0 Å². The number of allylic oxidation sites excluding steroid dienone is 8. The maximum Gasteiger partial charge on any atom is 4.00 e. The van der Waals surface area contributed by atoms with E-state index in [1.165, 1.54) is 82.8 Å². The van der Waals surface area contributed by atoms with Crippen molar-refractivity contribution in [3.05, 3.63) is 153 Å². The van der Waals surface area contributed by atoms with E-state index in [-0.39, 0.29) is 21.7 Å². The molecule has 0 saturated heterocycles. The van der Waals surface area contributed by atoms with Crippen LogP contribution in [-0.4, -0.2) is 9.13 Å². The molecule has 4 aromatic rings. The van der Waals surface area contributed by atoms with Gasteiger partial charge in [0.15, 0.2) is 0 Å². The molecule has 0 spiro atoms. The zero-order chi connectivity index (χ0) is 35.9.